The summed E-state index contributed by atoms with van der Waals surface area (Å²) in [6.45, 7) is 1.76. The van der Waals surface area contributed by atoms with E-state index in [0.717, 1.165) is 6.42 Å². The van der Waals surface area contributed by atoms with Crippen molar-refractivity contribution >= 4 is 0 Å². The van der Waals surface area contributed by atoms with E-state index >= 15 is 0 Å². The molecule has 2 heterocycles. The van der Waals surface area contributed by atoms with Gasteiger partial charge in [-0.3, -0.25) is 0 Å². The van der Waals surface area contributed by atoms with E-state index in [-0.39, 0.29) is 12.4 Å². The van der Waals surface area contributed by atoms with Crippen molar-refractivity contribution in [2.24, 2.45) is 0 Å². The summed E-state index contributed by atoms with van der Waals surface area (Å²) in [6, 6.07) is 2.71. The van der Waals surface area contributed by atoms with Crippen LogP contribution in [0, 0.1) is 11.3 Å². The van der Waals surface area contributed by atoms with Gasteiger partial charge in [0.15, 0.2) is 6.29 Å². The third-order valence-electron chi connectivity index (χ3n) is 3.27. The lowest BCUT2D eigenvalue weighted by molar-refractivity contribution is -0.0713. The first-order valence-electron chi connectivity index (χ1n) is 5.64. The van der Waals surface area contributed by atoms with Crippen LogP contribution >= 0.6 is 0 Å². The third-order valence-corrected chi connectivity index (χ3v) is 3.27. The number of likely N-dealkylation sites (tertiary alicyclic amines) is 1. The van der Waals surface area contributed by atoms with Crippen LogP contribution in [-0.2, 0) is 9.47 Å². The minimum Gasteiger partial charge on any atom is -0.350 e. The molecule has 2 fully saturated rings. The zero-order chi connectivity index (χ0) is 10.7. The minimum absolute atomic E-state index is 0.00768. The van der Waals surface area contributed by atoms with Crippen molar-refractivity contribution in [2.45, 2.75) is 44.1 Å². The van der Waals surface area contributed by atoms with Crippen molar-refractivity contribution in [3.8, 4) is 6.07 Å². The molecule has 0 bridgehead atoms. The van der Waals surface area contributed by atoms with Crippen LogP contribution in [0.5, 0.6) is 0 Å². The van der Waals surface area contributed by atoms with Gasteiger partial charge >= 0.3 is 0 Å². The first-order valence-corrected chi connectivity index (χ1v) is 5.64. The average molecular weight is 210 g/mol. The molecular weight excluding hydrogens is 192 g/mol. The van der Waals surface area contributed by atoms with Gasteiger partial charge < -0.3 is 14.4 Å². The Morgan fingerprint density at radius 2 is 2.40 bits per heavy atom. The molecule has 0 radical (unpaired) electrons. The van der Waals surface area contributed by atoms with E-state index in [9.17, 15) is 0 Å². The molecule has 4 heteroatoms. The highest BCUT2D eigenvalue weighted by Gasteiger charge is 2.31. The van der Waals surface area contributed by atoms with Crippen LogP contribution in [0.4, 0.5) is 0 Å². The predicted octanol–water partition coefficient (Wildman–Crippen LogP) is 1.13. The van der Waals surface area contributed by atoms with Crippen molar-refractivity contribution in [1.29, 1.82) is 5.26 Å². The van der Waals surface area contributed by atoms with Gasteiger partial charge in [0.2, 0.25) is 0 Å². The van der Waals surface area contributed by atoms with Gasteiger partial charge in [0.05, 0.1) is 25.2 Å². The minimum atomic E-state index is -0.0890. The lowest BCUT2D eigenvalue weighted by Crippen LogP contribution is -2.29. The lowest BCUT2D eigenvalue weighted by atomic mass is 10.1. The van der Waals surface area contributed by atoms with Gasteiger partial charge in [0.25, 0.3) is 0 Å². The van der Waals surface area contributed by atoms with Crippen molar-refractivity contribution in [3.63, 3.8) is 0 Å². The molecule has 84 valence electrons. The molecule has 0 aliphatic carbocycles. The number of ether oxygens (including phenoxy) is 2. The van der Waals surface area contributed by atoms with Crippen LogP contribution < -0.4 is 0 Å². The third kappa shape index (κ3) is 2.69. The Morgan fingerprint density at radius 1 is 1.53 bits per heavy atom. The fourth-order valence-electron chi connectivity index (χ4n) is 2.34. The summed E-state index contributed by atoms with van der Waals surface area (Å²) in [5.74, 6) is 0. The zero-order valence-corrected chi connectivity index (χ0v) is 9.19. The summed E-state index contributed by atoms with van der Waals surface area (Å²) in [5, 5.41) is 8.55. The summed E-state index contributed by atoms with van der Waals surface area (Å²) < 4.78 is 11.2. The summed E-state index contributed by atoms with van der Waals surface area (Å²) in [5.41, 5.74) is 0. The molecule has 0 aromatic carbocycles. The fourth-order valence-corrected chi connectivity index (χ4v) is 2.34. The molecule has 0 N–H and O–H groups in total. The molecule has 2 aliphatic rings. The maximum atomic E-state index is 8.55. The summed E-state index contributed by atoms with van der Waals surface area (Å²) >= 11 is 0. The molecule has 2 saturated heterocycles. The van der Waals surface area contributed by atoms with Crippen LogP contribution in [-0.4, -0.2) is 43.5 Å². The second-order valence-corrected chi connectivity index (χ2v) is 4.40. The number of hydrogen-bond acceptors (Lipinski definition) is 4. The van der Waals surface area contributed by atoms with Gasteiger partial charge in [-0.15, -0.1) is 0 Å². The van der Waals surface area contributed by atoms with E-state index in [1.807, 2.05) is 0 Å². The molecule has 4 nitrogen and oxygen atoms in total. The SMILES string of the molecule is CN1CCCC1CC1OCC(CC#N)O1. The van der Waals surface area contributed by atoms with E-state index in [1.165, 1.54) is 19.4 Å². The Bertz CT molecular complexity index is 251. The second-order valence-electron chi connectivity index (χ2n) is 4.40. The van der Waals surface area contributed by atoms with Gasteiger partial charge in [-0.05, 0) is 26.4 Å². The normalized spacial score (nSPS) is 36.9. The Hall–Kier alpha value is -0.630. The van der Waals surface area contributed by atoms with Crippen molar-refractivity contribution in [1.82, 2.24) is 4.90 Å². The maximum Gasteiger partial charge on any atom is 0.159 e. The van der Waals surface area contributed by atoms with Gasteiger partial charge in [-0.25, -0.2) is 0 Å². The smallest absolute Gasteiger partial charge is 0.159 e. The van der Waals surface area contributed by atoms with Crippen molar-refractivity contribution in [2.75, 3.05) is 20.2 Å². The predicted molar refractivity (Wildman–Crippen MR) is 55.1 cm³/mol. The highest BCUT2D eigenvalue weighted by Crippen LogP contribution is 2.24. The Morgan fingerprint density at radius 3 is 3.07 bits per heavy atom. The number of rotatable bonds is 3. The molecule has 3 unspecified atom stereocenters. The van der Waals surface area contributed by atoms with E-state index in [2.05, 4.69) is 18.0 Å². The highest BCUT2D eigenvalue weighted by atomic mass is 16.7. The summed E-state index contributed by atoms with van der Waals surface area (Å²) in [6.07, 6.45) is 3.80. The first-order chi connectivity index (χ1) is 7.29. The Kier molecular flexibility index (Phi) is 3.57. The summed E-state index contributed by atoms with van der Waals surface area (Å²) in [7, 11) is 2.15. The number of nitriles is 1. The maximum absolute atomic E-state index is 8.55. The molecule has 3 atom stereocenters. The Balaban J connectivity index is 1.75. The number of hydrogen-bond donors (Lipinski definition) is 0. The summed E-state index contributed by atoms with van der Waals surface area (Å²) in [4.78, 5) is 2.37. The van der Waals surface area contributed by atoms with Crippen LogP contribution in [0.1, 0.15) is 25.7 Å². The van der Waals surface area contributed by atoms with E-state index in [0.29, 0.717) is 19.1 Å². The van der Waals surface area contributed by atoms with Gasteiger partial charge in [-0.1, -0.05) is 0 Å². The molecule has 15 heavy (non-hydrogen) atoms. The molecule has 0 aromatic rings. The van der Waals surface area contributed by atoms with Gasteiger partial charge in [0, 0.05) is 12.5 Å². The molecule has 0 amide bonds. The molecule has 0 aromatic heterocycles. The largest absolute Gasteiger partial charge is 0.350 e. The zero-order valence-electron chi connectivity index (χ0n) is 9.19. The highest BCUT2D eigenvalue weighted by molar-refractivity contribution is 4.82. The molecule has 2 aliphatic heterocycles. The quantitative estimate of drug-likeness (QED) is 0.700. The number of nitrogens with zero attached hydrogens (tertiary/aromatic N) is 2. The first kappa shape index (κ1) is 10.9. The second kappa shape index (κ2) is 4.93. The van der Waals surface area contributed by atoms with Crippen molar-refractivity contribution < 1.29 is 9.47 Å². The average Bonchev–Trinajstić information content (AvgIpc) is 2.79. The Labute approximate surface area is 90.8 Å². The van der Waals surface area contributed by atoms with Gasteiger partial charge in [-0.2, -0.15) is 5.26 Å². The van der Waals surface area contributed by atoms with Crippen LogP contribution in [0.3, 0.4) is 0 Å². The molecular formula is C11H18N2O2. The van der Waals surface area contributed by atoms with Gasteiger partial charge in [0.1, 0.15) is 0 Å². The lowest BCUT2D eigenvalue weighted by Gasteiger charge is -2.21. The van der Waals surface area contributed by atoms with E-state index < -0.39 is 0 Å². The van der Waals surface area contributed by atoms with Crippen LogP contribution in [0.25, 0.3) is 0 Å². The van der Waals surface area contributed by atoms with Crippen LogP contribution in [0.2, 0.25) is 0 Å². The van der Waals surface area contributed by atoms with E-state index in [4.69, 9.17) is 14.7 Å². The molecule has 2 rings (SSSR count). The van der Waals surface area contributed by atoms with E-state index in [1.54, 1.807) is 0 Å². The van der Waals surface area contributed by atoms with Crippen molar-refractivity contribution in [3.05, 3.63) is 0 Å². The topological polar surface area (TPSA) is 45.5 Å². The fraction of sp³-hybridized carbons (Fsp3) is 0.909. The van der Waals surface area contributed by atoms with Crippen LogP contribution in [0.15, 0.2) is 0 Å². The monoisotopic (exact) mass is 210 g/mol. The molecule has 0 saturated carbocycles. The molecule has 0 spiro atoms. The standard InChI is InChI=1S/C11H18N2O2/c1-13-6-2-3-9(13)7-11-14-8-10(15-11)4-5-12/h9-11H,2-4,6-8H2,1H3.